The summed E-state index contributed by atoms with van der Waals surface area (Å²) in [6, 6.07) is 5.75. The Kier molecular flexibility index (Phi) is 1.65. The van der Waals surface area contributed by atoms with Crippen molar-refractivity contribution in [2.45, 2.75) is 19.8 Å². The molecule has 0 aliphatic heterocycles. The van der Waals surface area contributed by atoms with Crippen LogP contribution in [0.25, 0.3) is 5.57 Å². The molecule has 1 nitrogen and oxygen atoms in total. The number of phenolic OH excluding ortho intramolecular Hbond substituents is 1. The molecule has 0 saturated carbocycles. The molecule has 1 aliphatic carbocycles. The number of phenols is 1. The average molecular weight is 160 g/mol. The smallest absolute Gasteiger partial charge is 0.119 e. The van der Waals surface area contributed by atoms with Crippen LogP contribution in [-0.2, 0) is 6.42 Å². The maximum Gasteiger partial charge on any atom is 0.119 e. The molecule has 1 aliphatic rings. The van der Waals surface area contributed by atoms with Gasteiger partial charge in [0.25, 0.3) is 0 Å². The molecule has 1 aromatic carbocycles. The third kappa shape index (κ3) is 0.934. The van der Waals surface area contributed by atoms with Crippen molar-refractivity contribution in [3.05, 3.63) is 35.4 Å². The second kappa shape index (κ2) is 2.67. The number of hydrogen-bond donors (Lipinski definition) is 1. The second-order valence-corrected chi connectivity index (χ2v) is 3.12. The highest BCUT2D eigenvalue weighted by molar-refractivity contribution is 5.74. The molecule has 62 valence electrons. The zero-order chi connectivity index (χ0) is 8.55. The minimum atomic E-state index is 0.448. The molecule has 1 heteroatoms. The highest BCUT2D eigenvalue weighted by atomic mass is 16.3. The number of fused-ring (bicyclic) bond motifs is 1. The first kappa shape index (κ1) is 7.41. The van der Waals surface area contributed by atoms with Crippen LogP contribution >= 0.6 is 0 Å². The van der Waals surface area contributed by atoms with Crippen molar-refractivity contribution in [2.75, 3.05) is 0 Å². The molecular formula is C11H12O. The summed E-state index contributed by atoms with van der Waals surface area (Å²) < 4.78 is 0. The van der Waals surface area contributed by atoms with Crippen molar-refractivity contribution in [3.63, 3.8) is 0 Å². The van der Waals surface area contributed by atoms with E-state index in [-0.39, 0.29) is 0 Å². The predicted octanol–water partition coefficient (Wildman–Crippen LogP) is 2.74. The minimum absolute atomic E-state index is 0.448. The van der Waals surface area contributed by atoms with E-state index in [1.165, 1.54) is 11.1 Å². The Labute approximate surface area is 72.4 Å². The Morgan fingerprint density at radius 2 is 2.17 bits per heavy atom. The standard InChI is InChI=1S/C11H12O/c1-2-8-6-7-10-9(8)4-3-5-11(10)12/h2-5,12H,6-7H2,1H3/b8-2-. The van der Waals surface area contributed by atoms with Gasteiger partial charge in [-0.25, -0.2) is 0 Å². The normalized spacial score (nSPS) is 18.2. The van der Waals surface area contributed by atoms with E-state index in [2.05, 4.69) is 19.1 Å². The summed E-state index contributed by atoms with van der Waals surface area (Å²) in [7, 11) is 0. The van der Waals surface area contributed by atoms with Gasteiger partial charge in [-0.2, -0.15) is 0 Å². The van der Waals surface area contributed by atoms with Gasteiger partial charge in [0, 0.05) is 5.56 Å². The van der Waals surface area contributed by atoms with Crippen LogP contribution in [0.4, 0.5) is 0 Å². The molecule has 0 fully saturated rings. The van der Waals surface area contributed by atoms with Gasteiger partial charge in [-0.15, -0.1) is 0 Å². The van der Waals surface area contributed by atoms with Crippen molar-refractivity contribution in [2.24, 2.45) is 0 Å². The van der Waals surface area contributed by atoms with E-state index in [0.29, 0.717) is 5.75 Å². The van der Waals surface area contributed by atoms with Crippen molar-refractivity contribution in [1.82, 2.24) is 0 Å². The lowest BCUT2D eigenvalue weighted by Gasteiger charge is -2.01. The number of hydrogen-bond acceptors (Lipinski definition) is 1. The molecule has 0 aromatic heterocycles. The van der Waals surface area contributed by atoms with E-state index < -0.39 is 0 Å². The molecule has 1 N–H and O–H groups in total. The summed E-state index contributed by atoms with van der Waals surface area (Å²) in [6.45, 7) is 2.05. The summed E-state index contributed by atoms with van der Waals surface area (Å²) in [6.07, 6.45) is 4.19. The molecule has 0 amide bonds. The van der Waals surface area contributed by atoms with E-state index in [0.717, 1.165) is 18.4 Å². The molecule has 0 atom stereocenters. The van der Waals surface area contributed by atoms with Gasteiger partial charge in [-0.1, -0.05) is 18.2 Å². The van der Waals surface area contributed by atoms with Crippen LogP contribution in [0.5, 0.6) is 5.75 Å². The number of rotatable bonds is 0. The van der Waals surface area contributed by atoms with Gasteiger partial charge >= 0.3 is 0 Å². The Bertz CT molecular complexity index is 337. The summed E-state index contributed by atoms with van der Waals surface area (Å²) in [5, 5.41) is 9.52. The van der Waals surface area contributed by atoms with Gasteiger partial charge in [0.15, 0.2) is 0 Å². The summed E-state index contributed by atoms with van der Waals surface area (Å²) in [5.74, 6) is 0.448. The fourth-order valence-electron chi connectivity index (χ4n) is 1.83. The van der Waals surface area contributed by atoms with E-state index in [4.69, 9.17) is 0 Å². The third-order valence-electron chi connectivity index (χ3n) is 2.49. The largest absolute Gasteiger partial charge is 0.508 e. The molecule has 1 aromatic rings. The zero-order valence-electron chi connectivity index (χ0n) is 7.17. The predicted molar refractivity (Wildman–Crippen MR) is 50.1 cm³/mol. The van der Waals surface area contributed by atoms with Crippen molar-refractivity contribution in [3.8, 4) is 5.75 Å². The van der Waals surface area contributed by atoms with E-state index in [9.17, 15) is 5.11 Å². The molecule has 0 spiro atoms. The van der Waals surface area contributed by atoms with Gasteiger partial charge in [-0.3, -0.25) is 0 Å². The fraction of sp³-hybridized carbons (Fsp3) is 0.273. The highest BCUT2D eigenvalue weighted by Gasteiger charge is 2.17. The molecule has 0 unspecified atom stereocenters. The van der Waals surface area contributed by atoms with Crippen LogP contribution in [0.3, 0.4) is 0 Å². The number of benzene rings is 1. The summed E-state index contributed by atoms with van der Waals surface area (Å²) >= 11 is 0. The van der Waals surface area contributed by atoms with Crippen molar-refractivity contribution < 1.29 is 5.11 Å². The first-order valence-corrected chi connectivity index (χ1v) is 4.29. The lowest BCUT2D eigenvalue weighted by molar-refractivity contribution is 0.469. The summed E-state index contributed by atoms with van der Waals surface area (Å²) in [5.41, 5.74) is 3.71. The average Bonchev–Trinajstić information content (AvgIpc) is 2.49. The van der Waals surface area contributed by atoms with Gasteiger partial charge < -0.3 is 5.11 Å². The molecule has 0 radical (unpaired) electrons. The Hall–Kier alpha value is -1.24. The number of aromatic hydroxyl groups is 1. The Morgan fingerprint density at radius 3 is 2.92 bits per heavy atom. The Balaban J connectivity index is 2.61. The van der Waals surface area contributed by atoms with E-state index in [1.807, 2.05) is 6.07 Å². The summed E-state index contributed by atoms with van der Waals surface area (Å²) in [4.78, 5) is 0. The highest BCUT2D eigenvalue weighted by Crippen LogP contribution is 2.36. The molecular weight excluding hydrogens is 148 g/mol. The molecule has 2 rings (SSSR count). The third-order valence-corrected chi connectivity index (χ3v) is 2.49. The second-order valence-electron chi connectivity index (χ2n) is 3.12. The van der Waals surface area contributed by atoms with Crippen LogP contribution in [0.15, 0.2) is 24.3 Å². The maximum atomic E-state index is 9.52. The molecule has 0 saturated heterocycles. The Morgan fingerprint density at radius 1 is 1.33 bits per heavy atom. The van der Waals surface area contributed by atoms with E-state index >= 15 is 0 Å². The molecule has 0 bridgehead atoms. The van der Waals surface area contributed by atoms with Crippen LogP contribution < -0.4 is 0 Å². The van der Waals surface area contributed by atoms with Gasteiger partial charge in [0.1, 0.15) is 5.75 Å². The lowest BCUT2D eigenvalue weighted by Crippen LogP contribution is -1.80. The molecule has 12 heavy (non-hydrogen) atoms. The van der Waals surface area contributed by atoms with Crippen LogP contribution in [0.1, 0.15) is 24.5 Å². The van der Waals surface area contributed by atoms with Crippen molar-refractivity contribution in [1.29, 1.82) is 0 Å². The lowest BCUT2D eigenvalue weighted by atomic mass is 10.1. The van der Waals surface area contributed by atoms with Crippen molar-refractivity contribution >= 4 is 5.57 Å². The first-order chi connectivity index (χ1) is 5.83. The molecule has 0 heterocycles. The number of allylic oxidation sites excluding steroid dienone is 2. The first-order valence-electron chi connectivity index (χ1n) is 4.29. The van der Waals surface area contributed by atoms with Gasteiger partial charge in [-0.05, 0) is 37.0 Å². The maximum absolute atomic E-state index is 9.52. The van der Waals surface area contributed by atoms with Crippen LogP contribution in [-0.4, -0.2) is 5.11 Å². The SMILES string of the molecule is C/C=C1/CCc2c(O)cccc21. The van der Waals surface area contributed by atoms with Gasteiger partial charge in [0.2, 0.25) is 0 Å². The van der Waals surface area contributed by atoms with Crippen LogP contribution in [0.2, 0.25) is 0 Å². The fourth-order valence-corrected chi connectivity index (χ4v) is 1.83. The monoisotopic (exact) mass is 160 g/mol. The minimum Gasteiger partial charge on any atom is -0.508 e. The van der Waals surface area contributed by atoms with E-state index in [1.54, 1.807) is 6.07 Å². The quantitative estimate of drug-likeness (QED) is 0.618. The van der Waals surface area contributed by atoms with Crippen LogP contribution in [0, 0.1) is 0 Å². The zero-order valence-corrected chi connectivity index (χ0v) is 7.17. The topological polar surface area (TPSA) is 20.2 Å². The van der Waals surface area contributed by atoms with Gasteiger partial charge in [0.05, 0.1) is 0 Å².